The van der Waals surface area contributed by atoms with E-state index in [9.17, 15) is 4.79 Å². The van der Waals surface area contributed by atoms with E-state index in [1.807, 2.05) is 11.0 Å². The molecule has 0 saturated carbocycles. The van der Waals surface area contributed by atoms with Crippen LogP contribution in [-0.2, 0) is 4.74 Å². The maximum atomic E-state index is 12.4. The van der Waals surface area contributed by atoms with Crippen LogP contribution in [0.5, 0.6) is 0 Å². The summed E-state index contributed by atoms with van der Waals surface area (Å²) in [4.78, 5) is 20.9. The SMILES string of the molecule is O=C(c1cncc(Br)c1)N1CCC(N2CCOCC2)C1. The van der Waals surface area contributed by atoms with Gasteiger partial charge in [0.1, 0.15) is 0 Å². The van der Waals surface area contributed by atoms with Gasteiger partial charge in [0.15, 0.2) is 0 Å². The predicted molar refractivity (Wildman–Crippen MR) is 78.6 cm³/mol. The van der Waals surface area contributed by atoms with Crippen molar-refractivity contribution in [2.45, 2.75) is 12.5 Å². The van der Waals surface area contributed by atoms with Gasteiger partial charge in [-0.3, -0.25) is 14.7 Å². The van der Waals surface area contributed by atoms with Crippen LogP contribution in [-0.4, -0.2) is 66.1 Å². The zero-order chi connectivity index (χ0) is 13.9. The van der Waals surface area contributed by atoms with Crippen molar-refractivity contribution >= 4 is 21.8 Å². The fraction of sp³-hybridized carbons (Fsp3) is 0.571. The highest BCUT2D eigenvalue weighted by molar-refractivity contribution is 9.10. The molecule has 3 rings (SSSR count). The molecule has 0 aromatic carbocycles. The highest BCUT2D eigenvalue weighted by Crippen LogP contribution is 2.20. The average molecular weight is 340 g/mol. The number of carbonyl (C=O) groups is 1. The van der Waals surface area contributed by atoms with Gasteiger partial charge < -0.3 is 9.64 Å². The summed E-state index contributed by atoms with van der Waals surface area (Å²) in [6.45, 7) is 5.20. The highest BCUT2D eigenvalue weighted by atomic mass is 79.9. The Morgan fingerprint density at radius 3 is 2.85 bits per heavy atom. The second-order valence-corrected chi connectivity index (χ2v) is 6.15. The summed E-state index contributed by atoms with van der Waals surface area (Å²) >= 11 is 3.36. The van der Waals surface area contributed by atoms with Crippen LogP contribution < -0.4 is 0 Å². The molecule has 2 fully saturated rings. The maximum Gasteiger partial charge on any atom is 0.255 e. The molecule has 0 bridgehead atoms. The Hall–Kier alpha value is -0.980. The minimum absolute atomic E-state index is 0.0783. The van der Waals surface area contributed by atoms with Crippen molar-refractivity contribution in [2.75, 3.05) is 39.4 Å². The molecule has 1 amide bonds. The molecule has 0 radical (unpaired) electrons. The van der Waals surface area contributed by atoms with E-state index in [2.05, 4.69) is 25.8 Å². The van der Waals surface area contributed by atoms with E-state index in [1.165, 1.54) is 0 Å². The van der Waals surface area contributed by atoms with Gasteiger partial charge in [-0.05, 0) is 28.4 Å². The van der Waals surface area contributed by atoms with Gasteiger partial charge >= 0.3 is 0 Å². The second kappa shape index (κ2) is 6.20. The number of hydrogen-bond donors (Lipinski definition) is 0. The number of halogens is 1. The monoisotopic (exact) mass is 339 g/mol. The zero-order valence-corrected chi connectivity index (χ0v) is 12.9. The van der Waals surface area contributed by atoms with Gasteiger partial charge in [0.05, 0.1) is 18.8 Å². The molecule has 1 aromatic heterocycles. The first kappa shape index (κ1) is 14.0. The van der Waals surface area contributed by atoms with E-state index in [1.54, 1.807) is 12.4 Å². The van der Waals surface area contributed by atoms with Crippen molar-refractivity contribution < 1.29 is 9.53 Å². The van der Waals surface area contributed by atoms with Gasteiger partial charge in [0.2, 0.25) is 0 Å². The van der Waals surface area contributed by atoms with Crippen molar-refractivity contribution in [1.29, 1.82) is 0 Å². The van der Waals surface area contributed by atoms with Gasteiger partial charge in [-0.25, -0.2) is 0 Å². The van der Waals surface area contributed by atoms with Crippen LogP contribution in [0, 0.1) is 0 Å². The quantitative estimate of drug-likeness (QED) is 0.816. The molecule has 2 aliphatic rings. The van der Waals surface area contributed by atoms with Gasteiger partial charge in [-0.2, -0.15) is 0 Å². The fourth-order valence-electron chi connectivity index (χ4n) is 2.88. The Bertz CT molecular complexity index is 491. The molecule has 108 valence electrons. The lowest BCUT2D eigenvalue weighted by atomic mass is 10.2. The van der Waals surface area contributed by atoms with Crippen LogP contribution >= 0.6 is 15.9 Å². The lowest BCUT2D eigenvalue weighted by Crippen LogP contribution is -2.45. The van der Waals surface area contributed by atoms with Gasteiger partial charge in [0, 0.05) is 49.1 Å². The predicted octanol–water partition coefficient (Wildman–Crippen LogP) is 1.39. The number of morpholine rings is 1. The number of aromatic nitrogens is 1. The van der Waals surface area contributed by atoms with Crippen molar-refractivity contribution in [3.63, 3.8) is 0 Å². The summed E-state index contributed by atoms with van der Waals surface area (Å²) < 4.78 is 6.22. The molecule has 0 aliphatic carbocycles. The van der Waals surface area contributed by atoms with E-state index < -0.39 is 0 Å². The molecule has 1 unspecified atom stereocenters. The van der Waals surface area contributed by atoms with Crippen molar-refractivity contribution in [1.82, 2.24) is 14.8 Å². The summed E-state index contributed by atoms with van der Waals surface area (Å²) in [7, 11) is 0. The number of hydrogen-bond acceptors (Lipinski definition) is 4. The first-order valence-electron chi connectivity index (χ1n) is 6.95. The number of carbonyl (C=O) groups excluding carboxylic acids is 1. The zero-order valence-electron chi connectivity index (χ0n) is 11.3. The smallest absolute Gasteiger partial charge is 0.255 e. The minimum atomic E-state index is 0.0783. The lowest BCUT2D eigenvalue weighted by Gasteiger charge is -2.32. The number of nitrogens with zero attached hydrogens (tertiary/aromatic N) is 3. The van der Waals surface area contributed by atoms with E-state index in [4.69, 9.17) is 4.74 Å². The number of pyridine rings is 1. The number of rotatable bonds is 2. The topological polar surface area (TPSA) is 45.7 Å². The van der Waals surface area contributed by atoms with Crippen molar-refractivity contribution in [2.24, 2.45) is 0 Å². The highest BCUT2D eigenvalue weighted by Gasteiger charge is 2.31. The van der Waals surface area contributed by atoms with E-state index in [-0.39, 0.29) is 5.91 Å². The van der Waals surface area contributed by atoms with E-state index in [0.29, 0.717) is 11.6 Å². The summed E-state index contributed by atoms with van der Waals surface area (Å²) in [6, 6.07) is 2.31. The molecule has 3 heterocycles. The van der Waals surface area contributed by atoms with Crippen LogP contribution in [0.15, 0.2) is 22.9 Å². The molecule has 2 saturated heterocycles. The largest absolute Gasteiger partial charge is 0.379 e. The molecule has 1 aromatic rings. The molecular formula is C14H18BrN3O2. The van der Waals surface area contributed by atoms with E-state index >= 15 is 0 Å². The average Bonchev–Trinajstić information content (AvgIpc) is 2.97. The summed E-state index contributed by atoms with van der Waals surface area (Å²) in [5.41, 5.74) is 0.655. The molecule has 0 spiro atoms. The Morgan fingerprint density at radius 1 is 1.30 bits per heavy atom. The molecular weight excluding hydrogens is 322 g/mol. The lowest BCUT2D eigenvalue weighted by molar-refractivity contribution is 0.0185. The Kier molecular flexibility index (Phi) is 4.33. The van der Waals surface area contributed by atoms with E-state index in [0.717, 1.165) is 50.3 Å². The van der Waals surface area contributed by atoms with Crippen molar-refractivity contribution in [3.8, 4) is 0 Å². The maximum absolute atomic E-state index is 12.4. The molecule has 20 heavy (non-hydrogen) atoms. The second-order valence-electron chi connectivity index (χ2n) is 5.23. The summed E-state index contributed by atoms with van der Waals surface area (Å²) in [5.74, 6) is 0.0783. The van der Waals surface area contributed by atoms with Crippen LogP contribution in [0.4, 0.5) is 0 Å². The molecule has 0 N–H and O–H groups in total. The summed E-state index contributed by atoms with van der Waals surface area (Å²) in [6.07, 6.45) is 4.37. The van der Waals surface area contributed by atoms with Gasteiger partial charge in [-0.1, -0.05) is 0 Å². The number of amides is 1. The number of likely N-dealkylation sites (tertiary alicyclic amines) is 1. The van der Waals surface area contributed by atoms with Gasteiger partial charge in [-0.15, -0.1) is 0 Å². The molecule has 2 aliphatic heterocycles. The standard InChI is InChI=1S/C14H18BrN3O2/c15-12-7-11(8-16-9-12)14(19)18-2-1-13(10-18)17-3-5-20-6-4-17/h7-9,13H,1-6,10H2. The normalized spacial score (nSPS) is 24.1. The third kappa shape index (κ3) is 3.02. The third-order valence-electron chi connectivity index (χ3n) is 3.96. The Labute approximate surface area is 127 Å². The molecule has 5 nitrogen and oxygen atoms in total. The van der Waals surface area contributed by atoms with Gasteiger partial charge in [0.25, 0.3) is 5.91 Å². The fourth-order valence-corrected chi connectivity index (χ4v) is 3.24. The Balaban J connectivity index is 1.63. The molecule has 6 heteroatoms. The van der Waals surface area contributed by atoms with Crippen LogP contribution in [0.25, 0.3) is 0 Å². The minimum Gasteiger partial charge on any atom is -0.379 e. The molecule has 1 atom stereocenters. The first-order chi connectivity index (χ1) is 9.74. The Morgan fingerprint density at radius 2 is 2.10 bits per heavy atom. The summed E-state index contributed by atoms with van der Waals surface area (Å²) in [5, 5.41) is 0. The first-order valence-corrected chi connectivity index (χ1v) is 7.75. The number of ether oxygens (including phenoxy) is 1. The van der Waals surface area contributed by atoms with Crippen LogP contribution in [0.3, 0.4) is 0 Å². The third-order valence-corrected chi connectivity index (χ3v) is 4.40. The van der Waals surface area contributed by atoms with Crippen LogP contribution in [0.2, 0.25) is 0 Å². The van der Waals surface area contributed by atoms with Crippen LogP contribution in [0.1, 0.15) is 16.8 Å². The van der Waals surface area contributed by atoms with Crippen molar-refractivity contribution in [3.05, 3.63) is 28.5 Å².